The first kappa shape index (κ1) is 23.5. The number of ether oxygens (including phenoxy) is 2. The van der Waals surface area contributed by atoms with Gasteiger partial charge in [0.05, 0.1) is 24.7 Å². The van der Waals surface area contributed by atoms with Crippen LogP contribution in [0.3, 0.4) is 0 Å². The molecule has 180 valence electrons. The molecule has 1 aliphatic heterocycles. The summed E-state index contributed by atoms with van der Waals surface area (Å²) in [5.74, 6) is 0.963. The topological polar surface area (TPSA) is 111 Å². The highest BCUT2D eigenvalue weighted by Crippen LogP contribution is 2.37. The van der Waals surface area contributed by atoms with Crippen LogP contribution in [0.5, 0.6) is 11.5 Å². The summed E-state index contributed by atoms with van der Waals surface area (Å²) < 4.78 is 11.7. The molecule has 1 unspecified atom stereocenters. The lowest BCUT2D eigenvalue weighted by atomic mass is 9.98. The third kappa shape index (κ3) is 5.30. The van der Waals surface area contributed by atoms with Crippen molar-refractivity contribution in [2.45, 2.75) is 57.6 Å². The van der Waals surface area contributed by atoms with Gasteiger partial charge in [-0.1, -0.05) is 6.07 Å². The molecule has 0 spiro atoms. The van der Waals surface area contributed by atoms with E-state index < -0.39 is 4.92 Å². The van der Waals surface area contributed by atoms with E-state index in [0.717, 1.165) is 31.2 Å². The molecule has 1 aliphatic carbocycles. The minimum Gasteiger partial charge on any atom is -0.493 e. The Morgan fingerprint density at radius 1 is 1.18 bits per heavy atom. The van der Waals surface area contributed by atoms with Gasteiger partial charge in [-0.25, -0.2) is 0 Å². The molecular formula is C25H29N3O6. The van der Waals surface area contributed by atoms with Crippen molar-refractivity contribution in [1.29, 1.82) is 0 Å². The van der Waals surface area contributed by atoms with Gasteiger partial charge in [0.25, 0.3) is 5.69 Å². The second-order valence-electron chi connectivity index (χ2n) is 8.89. The first-order valence-electron chi connectivity index (χ1n) is 11.5. The molecule has 1 heterocycles. The molecular weight excluding hydrogens is 438 g/mol. The van der Waals surface area contributed by atoms with Gasteiger partial charge in [0.1, 0.15) is 0 Å². The number of rotatable bonds is 8. The van der Waals surface area contributed by atoms with Crippen LogP contribution in [0.2, 0.25) is 0 Å². The van der Waals surface area contributed by atoms with Crippen molar-refractivity contribution in [3.8, 4) is 11.5 Å². The van der Waals surface area contributed by atoms with E-state index in [-0.39, 0.29) is 36.1 Å². The Balaban J connectivity index is 1.50. The fraction of sp³-hybridized carbons (Fsp3) is 0.440. The van der Waals surface area contributed by atoms with Crippen molar-refractivity contribution in [3.63, 3.8) is 0 Å². The molecule has 34 heavy (non-hydrogen) atoms. The van der Waals surface area contributed by atoms with Crippen LogP contribution in [0, 0.1) is 10.1 Å². The lowest BCUT2D eigenvalue weighted by Crippen LogP contribution is -2.25. The Morgan fingerprint density at radius 2 is 1.94 bits per heavy atom. The second kappa shape index (κ2) is 10.1. The van der Waals surface area contributed by atoms with Crippen molar-refractivity contribution >= 4 is 23.2 Å². The molecule has 9 nitrogen and oxygen atoms in total. The first-order valence-corrected chi connectivity index (χ1v) is 11.5. The SMILES string of the molecule is COc1ccc(C2CC(=O)N(Cc3ccc(NC(C)=O)cc3[N+](=O)[O-])C2)cc1OC1CCCC1. The molecule has 2 fully saturated rings. The van der Waals surface area contributed by atoms with Crippen molar-refractivity contribution in [1.82, 2.24) is 4.90 Å². The predicted molar refractivity (Wildman–Crippen MR) is 126 cm³/mol. The average molecular weight is 468 g/mol. The number of methoxy groups -OCH3 is 1. The largest absolute Gasteiger partial charge is 0.493 e. The lowest BCUT2D eigenvalue weighted by Gasteiger charge is -2.19. The Morgan fingerprint density at radius 3 is 2.62 bits per heavy atom. The van der Waals surface area contributed by atoms with Gasteiger partial charge in [-0.15, -0.1) is 0 Å². The number of nitro groups is 1. The van der Waals surface area contributed by atoms with Gasteiger partial charge in [0, 0.05) is 43.1 Å². The lowest BCUT2D eigenvalue weighted by molar-refractivity contribution is -0.385. The maximum atomic E-state index is 12.8. The number of benzene rings is 2. The molecule has 2 amide bonds. The molecule has 4 rings (SSSR count). The molecule has 1 saturated heterocycles. The first-order chi connectivity index (χ1) is 16.3. The van der Waals surface area contributed by atoms with E-state index in [4.69, 9.17) is 9.47 Å². The third-order valence-electron chi connectivity index (χ3n) is 6.43. The van der Waals surface area contributed by atoms with Crippen molar-refractivity contribution in [3.05, 3.63) is 57.6 Å². The number of carbonyl (C=O) groups is 2. The summed E-state index contributed by atoms with van der Waals surface area (Å²) in [5, 5.41) is 14.2. The van der Waals surface area contributed by atoms with Crippen LogP contribution in [-0.4, -0.2) is 41.4 Å². The molecule has 0 radical (unpaired) electrons. The molecule has 1 N–H and O–H groups in total. The van der Waals surface area contributed by atoms with E-state index in [1.54, 1.807) is 24.1 Å². The summed E-state index contributed by atoms with van der Waals surface area (Å²) in [4.78, 5) is 36.8. The number of anilines is 1. The Kier molecular flexibility index (Phi) is 7.00. The smallest absolute Gasteiger partial charge is 0.276 e. The summed E-state index contributed by atoms with van der Waals surface area (Å²) >= 11 is 0. The van der Waals surface area contributed by atoms with Crippen molar-refractivity contribution < 1.29 is 24.0 Å². The quantitative estimate of drug-likeness (QED) is 0.455. The van der Waals surface area contributed by atoms with E-state index in [9.17, 15) is 19.7 Å². The highest BCUT2D eigenvalue weighted by molar-refractivity contribution is 5.89. The van der Waals surface area contributed by atoms with Crippen LogP contribution in [0.4, 0.5) is 11.4 Å². The standard InChI is InChI=1S/C25H29N3O6/c1-16(29)26-20-9-7-18(22(13-20)28(31)32)14-27-15-19(12-25(27)30)17-8-10-23(33-2)24(11-17)34-21-5-3-4-6-21/h7-11,13,19,21H,3-6,12,14-15H2,1-2H3,(H,26,29). The zero-order valence-electron chi connectivity index (χ0n) is 19.4. The van der Waals surface area contributed by atoms with E-state index in [1.165, 1.54) is 13.0 Å². The number of amides is 2. The highest BCUT2D eigenvalue weighted by atomic mass is 16.6. The van der Waals surface area contributed by atoms with E-state index in [2.05, 4.69) is 5.32 Å². The number of hydrogen-bond acceptors (Lipinski definition) is 6. The zero-order chi connectivity index (χ0) is 24.2. The van der Waals surface area contributed by atoms with Gasteiger partial charge in [0.2, 0.25) is 11.8 Å². The fourth-order valence-electron chi connectivity index (χ4n) is 4.73. The van der Waals surface area contributed by atoms with E-state index >= 15 is 0 Å². The van der Waals surface area contributed by atoms with Crippen molar-refractivity contribution in [2.24, 2.45) is 0 Å². The molecule has 1 atom stereocenters. The number of carbonyl (C=O) groups excluding carboxylic acids is 2. The van der Waals surface area contributed by atoms with Gasteiger partial charge in [0.15, 0.2) is 11.5 Å². The van der Waals surface area contributed by atoms with Gasteiger partial charge in [-0.2, -0.15) is 0 Å². The van der Waals surface area contributed by atoms with Crippen LogP contribution in [0.25, 0.3) is 0 Å². The van der Waals surface area contributed by atoms with Gasteiger partial charge >= 0.3 is 0 Å². The molecule has 9 heteroatoms. The van der Waals surface area contributed by atoms with Gasteiger partial charge in [-0.3, -0.25) is 19.7 Å². The maximum Gasteiger partial charge on any atom is 0.276 e. The monoisotopic (exact) mass is 467 g/mol. The number of likely N-dealkylation sites (tertiary alicyclic amines) is 1. The fourth-order valence-corrected chi connectivity index (χ4v) is 4.73. The summed E-state index contributed by atoms with van der Waals surface area (Å²) in [6, 6.07) is 10.3. The Hall–Kier alpha value is -3.62. The third-order valence-corrected chi connectivity index (χ3v) is 6.43. The molecule has 2 aromatic carbocycles. The highest BCUT2D eigenvalue weighted by Gasteiger charge is 2.33. The van der Waals surface area contributed by atoms with E-state index in [0.29, 0.717) is 35.7 Å². The van der Waals surface area contributed by atoms with Crippen molar-refractivity contribution in [2.75, 3.05) is 19.0 Å². The molecule has 0 bridgehead atoms. The van der Waals surface area contributed by atoms with Crippen LogP contribution in [0.1, 0.15) is 56.1 Å². The Bertz CT molecular complexity index is 1100. The van der Waals surface area contributed by atoms with Crippen LogP contribution in [-0.2, 0) is 16.1 Å². The summed E-state index contributed by atoms with van der Waals surface area (Å²) in [5.41, 5.74) is 1.63. The second-order valence-corrected chi connectivity index (χ2v) is 8.89. The van der Waals surface area contributed by atoms with Gasteiger partial charge < -0.3 is 19.7 Å². The summed E-state index contributed by atoms with van der Waals surface area (Å²) in [6.45, 7) is 1.93. The number of hydrogen-bond donors (Lipinski definition) is 1. The number of nitrogens with zero attached hydrogens (tertiary/aromatic N) is 2. The predicted octanol–water partition coefficient (Wildman–Crippen LogP) is 4.40. The van der Waals surface area contributed by atoms with Crippen LogP contribution < -0.4 is 14.8 Å². The number of nitrogens with one attached hydrogen (secondary N) is 1. The zero-order valence-corrected chi connectivity index (χ0v) is 19.4. The number of nitro benzene ring substituents is 1. The summed E-state index contributed by atoms with van der Waals surface area (Å²) in [7, 11) is 1.61. The molecule has 2 aromatic rings. The molecule has 0 aromatic heterocycles. The van der Waals surface area contributed by atoms with Gasteiger partial charge in [-0.05, 0) is 55.5 Å². The van der Waals surface area contributed by atoms with Crippen LogP contribution >= 0.6 is 0 Å². The maximum absolute atomic E-state index is 12.8. The minimum atomic E-state index is -0.491. The molecule has 1 saturated carbocycles. The van der Waals surface area contributed by atoms with Crippen LogP contribution in [0.15, 0.2) is 36.4 Å². The molecule has 2 aliphatic rings. The normalized spacial score (nSPS) is 18.2. The van der Waals surface area contributed by atoms with E-state index in [1.807, 2.05) is 18.2 Å². The Labute approximate surface area is 198 Å². The summed E-state index contributed by atoms with van der Waals surface area (Å²) in [6.07, 6.45) is 4.90. The minimum absolute atomic E-state index is 0.0398. The average Bonchev–Trinajstić information content (AvgIpc) is 3.44.